The molecule has 2 atom stereocenters. The highest BCUT2D eigenvalue weighted by atomic mass is 35.5. The fourth-order valence-corrected chi connectivity index (χ4v) is 2.50. The molecule has 0 N–H and O–H groups in total. The summed E-state index contributed by atoms with van der Waals surface area (Å²) in [6.07, 6.45) is -1.00. The summed E-state index contributed by atoms with van der Waals surface area (Å²) in [5.74, 6) is -0.443. The van der Waals surface area contributed by atoms with E-state index in [4.69, 9.17) is 21.1 Å². The van der Waals surface area contributed by atoms with Crippen LogP contribution in [0.5, 0.6) is 0 Å². The molecule has 21 heavy (non-hydrogen) atoms. The van der Waals surface area contributed by atoms with Gasteiger partial charge in [-0.05, 0) is 23.6 Å². The standard InChI is InChI=1S/C15H18ClNO4/c1-9(2)13-12(14(18)20-3)17(15(19)21-13)8-10-4-6-11(16)7-5-10/h4-7,9,12-13H,8H2,1-3H3/t12-,13+/m1/s1. The van der Waals surface area contributed by atoms with Crippen LogP contribution in [0.4, 0.5) is 4.79 Å². The molecule has 0 saturated carbocycles. The monoisotopic (exact) mass is 311 g/mol. The number of methoxy groups -OCH3 is 1. The third-order valence-electron chi connectivity index (χ3n) is 3.48. The van der Waals surface area contributed by atoms with Gasteiger partial charge in [-0.3, -0.25) is 4.90 Å². The third kappa shape index (κ3) is 3.29. The summed E-state index contributed by atoms with van der Waals surface area (Å²) in [6, 6.07) is 6.38. The molecule has 1 heterocycles. The van der Waals surface area contributed by atoms with Crippen molar-refractivity contribution in [3.63, 3.8) is 0 Å². The number of rotatable bonds is 4. The van der Waals surface area contributed by atoms with Crippen molar-refractivity contribution in [2.45, 2.75) is 32.5 Å². The number of esters is 1. The van der Waals surface area contributed by atoms with E-state index in [0.29, 0.717) is 5.02 Å². The minimum Gasteiger partial charge on any atom is -0.467 e. The number of amides is 1. The van der Waals surface area contributed by atoms with Gasteiger partial charge >= 0.3 is 12.1 Å². The van der Waals surface area contributed by atoms with E-state index in [1.54, 1.807) is 12.1 Å². The second-order valence-corrected chi connectivity index (χ2v) is 5.75. The number of ether oxygens (including phenoxy) is 2. The Bertz CT molecular complexity index is 529. The largest absolute Gasteiger partial charge is 0.467 e. The highest BCUT2D eigenvalue weighted by Crippen LogP contribution is 2.28. The average Bonchev–Trinajstić information content (AvgIpc) is 2.78. The van der Waals surface area contributed by atoms with Gasteiger partial charge in [0.25, 0.3) is 0 Å². The normalized spacial score (nSPS) is 21.6. The Morgan fingerprint density at radius 2 is 2.00 bits per heavy atom. The highest BCUT2D eigenvalue weighted by Gasteiger charge is 2.48. The maximum absolute atomic E-state index is 12.1. The van der Waals surface area contributed by atoms with Gasteiger partial charge in [-0.1, -0.05) is 37.6 Å². The summed E-state index contributed by atoms with van der Waals surface area (Å²) in [4.78, 5) is 25.5. The number of carbonyl (C=O) groups excluding carboxylic acids is 2. The van der Waals surface area contributed by atoms with Crippen molar-refractivity contribution >= 4 is 23.7 Å². The lowest BCUT2D eigenvalue weighted by molar-refractivity contribution is -0.147. The number of nitrogens with zero attached hydrogens (tertiary/aromatic N) is 1. The summed E-state index contributed by atoms with van der Waals surface area (Å²) < 4.78 is 10.1. The van der Waals surface area contributed by atoms with E-state index >= 15 is 0 Å². The molecule has 0 bridgehead atoms. The minimum atomic E-state index is -0.724. The Hall–Kier alpha value is -1.75. The van der Waals surface area contributed by atoms with Crippen LogP contribution in [-0.2, 0) is 20.8 Å². The molecule has 1 aromatic carbocycles. The van der Waals surface area contributed by atoms with Gasteiger partial charge in [0.1, 0.15) is 6.10 Å². The zero-order valence-corrected chi connectivity index (χ0v) is 13.0. The molecule has 0 aromatic heterocycles. The van der Waals surface area contributed by atoms with E-state index in [1.807, 2.05) is 26.0 Å². The Morgan fingerprint density at radius 3 is 2.52 bits per heavy atom. The Balaban J connectivity index is 2.24. The highest BCUT2D eigenvalue weighted by molar-refractivity contribution is 6.30. The number of hydrogen-bond acceptors (Lipinski definition) is 4. The van der Waals surface area contributed by atoms with Crippen molar-refractivity contribution in [3.8, 4) is 0 Å². The SMILES string of the molecule is COC(=O)[C@H]1[C@H](C(C)C)OC(=O)N1Cc1ccc(Cl)cc1. The van der Waals surface area contributed by atoms with Crippen LogP contribution in [0.3, 0.4) is 0 Å². The van der Waals surface area contributed by atoms with Crippen molar-refractivity contribution in [2.75, 3.05) is 7.11 Å². The number of cyclic esters (lactones) is 1. The molecule has 1 saturated heterocycles. The van der Waals surface area contributed by atoms with Crippen molar-refractivity contribution in [3.05, 3.63) is 34.9 Å². The second kappa shape index (κ2) is 6.35. The first-order valence-electron chi connectivity index (χ1n) is 6.73. The van der Waals surface area contributed by atoms with Crippen LogP contribution in [0.25, 0.3) is 0 Å². The van der Waals surface area contributed by atoms with Crippen LogP contribution >= 0.6 is 11.6 Å². The summed E-state index contributed by atoms with van der Waals surface area (Å²) in [6.45, 7) is 4.08. The molecule has 0 unspecified atom stereocenters. The zero-order chi connectivity index (χ0) is 15.6. The maximum atomic E-state index is 12.1. The van der Waals surface area contributed by atoms with Crippen molar-refractivity contribution < 1.29 is 19.1 Å². The molecule has 0 aliphatic carbocycles. The van der Waals surface area contributed by atoms with Crippen LogP contribution in [0, 0.1) is 5.92 Å². The van der Waals surface area contributed by atoms with E-state index < -0.39 is 24.2 Å². The van der Waals surface area contributed by atoms with E-state index in [0.717, 1.165) is 5.56 Å². The van der Waals surface area contributed by atoms with Gasteiger partial charge in [0.05, 0.1) is 13.7 Å². The summed E-state index contributed by atoms with van der Waals surface area (Å²) in [5.41, 5.74) is 0.870. The fourth-order valence-electron chi connectivity index (χ4n) is 2.37. The molecule has 1 aromatic rings. The second-order valence-electron chi connectivity index (χ2n) is 5.31. The maximum Gasteiger partial charge on any atom is 0.411 e. The van der Waals surface area contributed by atoms with Gasteiger partial charge < -0.3 is 9.47 Å². The molecule has 0 radical (unpaired) electrons. The molecule has 1 aliphatic heterocycles. The molecule has 2 rings (SSSR count). The lowest BCUT2D eigenvalue weighted by Gasteiger charge is -2.24. The Kier molecular flexibility index (Phi) is 4.73. The van der Waals surface area contributed by atoms with Crippen LogP contribution in [-0.4, -0.2) is 36.2 Å². The van der Waals surface area contributed by atoms with Crippen LogP contribution < -0.4 is 0 Å². The van der Waals surface area contributed by atoms with E-state index in [9.17, 15) is 9.59 Å². The van der Waals surface area contributed by atoms with Crippen LogP contribution in [0.15, 0.2) is 24.3 Å². The Labute approximate surface area is 128 Å². The zero-order valence-electron chi connectivity index (χ0n) is 12.2. The fraction of sp³-hybridized carbons (Fsp3) is 0.467. The molecule has 5 nitrogen and oxygen atoms in total. The average molecular weight is 312 g/mol. The molecule has 1 aliphatic rings. The smallest absolute Gasteiger partial charge is 0.411 e. The van der Waals surface area contributed by atoms with Crippen molar-refractivity contribution in [2.24, 2.45) is 5.92 Å². The van der Waals surface area contributed by atoms with E-state index in [-0.39, 0.29) is 12.5 Å². The predicted octanol–water partition coefficient (Wildman–Crippen LogP) is 2.86. The minimum absolute atomic E-state index is 0.0215. The molecular weight excluding hydrogens is 294 g/mol. The van der Waals surface area contributed by atoms with E-state index in [2.05, 4.69) is 0 Å². The number of hydrogen-bond donors (Lipinski definition) is 0. The lowest BCUT2D eigenvalue weighted by atomic mass is 9.99. The molecule has 1 fully saturated rings. The van der Waals surface area contributed by atoms with Gasteiger partial charge in [0, 0.05) is 5.02 Å². The lowest BCUT2D eigenvalue weighted by Crippen LogP contribution is -2.44. The molecule has 114 valence electrons. The summed E-state index contributed by atoms with van der Waals surface area (Å²) in [7, 11) is 1.31. The van der Waals surface area contributed by atoms with Gasteiger partial charge in [-0.25, -0.2) is 9.59 Å². The Morgan fingerprint density at radius 1 is 1.38 bits per heavy atom. The van der Waals surface area contributed by atoms with E-state index in [1.165, 1.54) is 12.0 Å². The molecule has 1 amide bonds. The summed E-state index contributed by atoms with van der Waals surface area (Å²) in [5, 5.41) is 0.618. The predicted molar refractivity (Wildman–Crippen MR) is 77.9 cm³/mol. The van der Waals surface area contributed by atoms with Crippen molar-refractivity contribution in [1.29, 1.82) is 0 Å². The number of halogens is 1. The molecule has 0 spiro atoms. The van der Waals surface area contributed by atoms with Crippen molar-refractivity contribution in [1.82, 2.24) is 4.90 Å². The van der Waals surface area contributed by atoms with Gasteiger partial charge in [-0.2, -0.15) is 0 Å². The van der Waals surface area contributed by atoms with Gasteiger partial charge in [-0.15, -0.1) is 0 Å². The number of benzene rings is 1. The molecule has 6 heteroatoms. The first-order valence-corrected chi connectivity index (χ1v) is 7.11. The van der Waals surface area contributed by atoms with Crippen LogP contribution in [0.1, 0.15) is 19.4 Å². The van der Waals surface area contributed by atoms with Crippen LogP contribution in [0.2, 0.25) is 5.02 Å². The van der Waals surface area contributed by atoms with Gasteiger partial charge in [0.15, 0.2) is 6.04 Å². The third-order valence-corrected chi connectivity index (χ3v) is 3.74. The summed E-state index contributed by atoms with van der Waals surface area (Å²) >= 11 is 5.84. The quantitative estimate of drug-likeness (QED) is 0.802. The first-order chi connectivity index (χ1) is 9.93. The first kappa shape index (κ1) is 15.6. The topological polar surface area (TPSA) is 55.8 Å². The van der Waals surface area contributed by atoms with Gasteiger partial charge in [0.2, 0.25) is 0 Å². The molecular formula is C15H18ClNO4. The number of carbonyl (C=O) groups is 2.